The topological polar surface area (TPSA) is 90.5 Å². The second-order valence-corrected chi connectivity index (χ2v) is 7.96. The molecular weight excluding hydrogens is 399 g/mol. The first-order valence-electron chi connectivity index (χ1n) is 10.4. The van der Waals surface area contributed by atoms with Gasteiger partial charge in [0, 0.05) is 31.6 Å². The number of benzene rings is 2. The van der Waals surface area contributed by atoms with E-state index in [4.69, 9.17) is 0 Å². The molecule has 1 spiro atoms. The monoisotopic (exact) mass is 424 g/mol. The van der Waals surface area contributed by atoms with Crippen molar-refractivity contribution in [2.24, 2.45) is 0 Å². The summed E-state index contributed by atoms with van der Waals surface area (Å²) >= 11 is 0. The molecule has 0 unspecified atom stereocenters. The lowest BCUT2D eigenvalue weighted by molar-refractivity contribution is -0.135. The molecular formula is C23H25FN4O3. The van der Waals surface area contributed by atoms with Crippen molar-refractivity contribution in [3.05, 3.63) is 65.5 Å². The fourth-order valence-electron chi connectivity index (χ4n) is 4.10. The van der Waals surface area contributed by atoms with E-state index in [1.54, 1.807) is 30.3 Å². The lowest BCUT2D eigenvalue weighted by Crippen LogP contribution is -2.58. The second kappa shape index (κ2) is 8.75. The highest BCUT2D eigenvalue weighted by Crippen LogP contribution is 2.31. The maximum absolute atomic E-state index is 13.7. The number of hydrogen-bond donors (Lipinski definition) is 3. The van der Waals surface area contributed by atoms with E-state index < -0.39 is 5.66 Å². The summed E-state index contributed by atoms with van der Waals surface area (Å²) < 4.78 is 13.7. The number of rotatable bonds is 5. The second-order valence-electron chi connectivity index (χ2n) is 7.96. The van der Waals surface area contributed by atoms with Gasteiger partial charge in [-0.1, -0.05) is 30.3 Å². The number of nitrogens with one attached hydrogen (secondary N) is 3. The van der Waals surface area contributed by atoms with Crippen LogP contribution >= 0.6 is 0 Å². The Kier molecular flexibility index (Phi) is 5.88. The number of halogens is 1. The van der Waals surface area contributed by atoms with Crippen LogP contribution in [0.4, 0.5) is 10.1 Å². The average molecular weight is 424 g/mol. The van der Waals surface area contributed by atoms with Gasteiger partial charge in [-0.05, 0) is 36.6 Å². The van der Waals surface area contributed by atoms with Gasteiger partial charge < -0.3 is 20.9 Å². The molecule has 2 aromatic carbocycles. The lowest BCUT2D eigenvalue weighted by atomic mass is 9.95. The number of hydrogen-bond acceptors (Lipinski definition) is 4. The van der Waals surface area contributed by atoms with Crippen LogP contribution in [0.5, 0.6) is 0 Å². The summed E-state index contributed by atoms with van der Waals surface area (Å²) in [5.41, 5.74) is 1.15. The zero-order chi connectivity index (χ0) is 21.8. The largest absolute Gasteiger partial charge is 0.362 e. The molecule has 1 saturated heterocycles. The van der Waals surface area contributed by atoms with Crippen molar-refractivity contribution in [3.63, 3.8) is 0 Å². The van der Waals surface area contributed by atoms with Crippen LogP contribution in [0.1, 0.15) is 35.2 Å². The standard InChI is InChI=1S/C23H25FN4O3/c24-18-7-3-1-5-16(18)10-13-25-20(29)15-28-14-12-23(11-9-21(28)30)26-19-8-4-2-6-17(19)22(31)27-23/h1-8,26H,9-15H2,(H,25,29)(H,27,31)/t23-/m1/s1. The highest BCUT2D eigenvalue weighted by molar-refractivity contribution is 6.02. The van der Waals surface area contributed by atoms with Crippen LogP contribution < -0.4 is 16.0 Å². The van der Waals surface area contributed by atoms with E-state index in [1.165, 1.54) is 11.0 Å². The fraction of sp³-hybridized carbons (Fsp3) is 0.348. The van der Waals surface area contributed by atoms with Gasteiger partial charge in [0.2, 0.25) is 11.8 Å². The predicted octanol–water partition coefficient (Wildman–Crippen LogP) is 2.05. The van der Waals surface area contributed by atoms with Crippen molar-refractivity contribution < 1.29 is 18.8 Å². The molecule has 0 bridgehead atoms. The van der Waals surface area contributed by atoms with Crippen molar-refractivity contribution in [1.82, 2.24) is 15.5 Å². The SMILES string of the molecule is O=C(CN1CC[C@@]2(CCC1=O)NC(=O)c1ccccc1N2)NCCc1ccccc1F. The zero-order valence-corrected chi connectivity index (χ0v) is 17.1. The fourth-order valence-corrected chi connectivity index (χ4v) is 4.10. The van der Waals surface area contributed by atoms with Crippen molar-refractivity contribution in [3.8, 4) is 0 Å². The highest BCUT2D eigenvalue weighted by atomic mass is 19.1. The van der Waals surface area contributed by atoms with E-state index in [1.807, 2.05) is 12.1 Å². The van der Waals surface area contributed by atoms with E-state index in [2.05, 4.69) is 16.0 Å². The molecule has 3 N–H and O–H groups in total. The van der Waals surface area contributed by atoms with Crippen LogP contribution in [0.15, 0.2) is 48.5 Å². The summed E-state index contributed by atoms with van der Waals surface area (Å²) in [4.78, 5) is 39.0. The summed E-state index contributed by atoms with van der Waals surface area (Å²) in [7, 11) is 0. The molecule has 162 valence electrons. The van der Waals surface area contributed by atoms with E-state index in [0.29, 0.717) is 43.5 Å². The van der Waals surface area contributed by atoms with Gasteiger partial charge in [-0.3, -0.25) is 14.4 Å². The van der Waals surface area contributed by atoms with Gasteiger partial charge in [-0.2, -0.15) is 0 Å². The molecule has 0 aromatic heterocycles. The van der Waals surface area contributed by atoms with Gasteiger partial charge in [-0.15, -0.1) is 0 Å². The summed E-state index contributed by atoms with van der Waals surface area (Å²) in [5, 5.41) is 9.16. The van der Waals surface area contributed by atoms with Gasteiger partial charge in [0.25, 0.3) is 5.91 Å². The smallest absolute Gasteiger partial charge is 0.255 e. The molecule has 7 nitrogen and oxygen atoms in total. The molecule has 4 rings (SSSR count). The summed E-state index contributed by atoms with van der Waals surface area (Å²) in [5.74, 6) is -0.878. The van der Waals surface area contributed by atoms with Crippen molar-refractivity contribution >= 4 is 23.4 Å². The third-order valence-corrected chi connectivity index (χ3v) is 5.83. The first kappa shape index (κ1) is 20.8. The van der Waals surface area contributed by atoms with E-state index in [0.717, 1.165) is 5.69 Å². The summed E-state index contributed by atoms with van der Waals surface area (Å²) in [6, 6.07) is 13.7. The molecule has 0 saturated carbocycles. The van der Waals surface area contributed by atoms with Crippen LogP contribution in [-0.2, 0) is 16.0 Å². The van der Waals surface area contributed by atoms with Crippen LogP contribution in [-0.4, -0.2) is 47.9 Å². The Hall–Kier alpha value is -3.42. The normalized spacial score (nSPS) is 20.5. The molecule has 2 aromatic rings. The number of carbonyl (C=O) groups excluding carboxylic acids is 3. The minimum atomic E-state index is -0.711. The Morgan fingerprint density at radius 3 is 2.68 bits per heavy atom. The Labute approximate surface area is 180 Å². The number of likely N-dealkylation sites (tertiary alicyclic amines) is 1. The van der Waals surface area contributed by atoms with Gasteiger partial charge in [0.05, 0.1) is 12.1 Å². The predicted molar refractivity (Wildman–Crippen MR) is 114 cm³/mol. The van der Waals surface area contributed by atoms with Gasteiger partial charge in [-0.25, -0.2) is 4.39 Å². The molecule has 8 heteroatoms. The number of amides is 3. The molecule has 1 atom stereocenters. The third-order valence-electron chi connectivity index (χ3n) is 5.83. The summed E-state index contributed by atoms with van der Waals surface area (Å²) in [6.45, 7) is 0.575. The molecule has 1 fully saturated rings. The van der Waals surface area contributed by atoms with Gasteiger partial charge in [0.15, 0.2) is 0 Å². The maximum atomic E-state index is 13.7. The number of fused-ring (bicyclic) bond motifs is 1. The number of para-hydroxylation sites is 1. The Balaban J connectivity index is 1.33. The molecule has 2 aliphatic heterocycles. The number of anilines is 1. The minimum Gasteiger partial charge on any atom is -0.362 e. The molecule has 3 amide bonds. The Morgan fingerprint density at radius 2 is 1.84 bits per heavy atom. The maximum Gasteiger partial charge on any atom is 0.255 e. The van der Waals surface area contributed by atoms with Crippen molar-refractivity contribution in [2.75, 3.05) is 25.0 Å². The van der Waals surface area contributed by atoms with Crippen molar-refractivity contribution in [2.45, 2.75) is 31.3 Å². The highest BCUT2D eigenvalue weighted by Gasteiger charge is 2.40. The van der Waals surface area contributed by atoms with Gasteiger partial charge in [0.1, 0.15) is 11.5 Å². The van der Waals surface area contributed by atoms with E-state index in [9.17, 15) is 18.8 Å². The Morgan fingerprint density at radius 1 is 1.06 bits per heavy atom. The average Bonchev–Trinajstić information content (AvgIpc) is 2.89. The summed E-state index contributed by atoms with van der Waals surface area (Å²) in [6.07, 6.45) is 1.53. The van der Waals surface area contributed by atoms with E-state index in [-0.39, 0.29) is 36.5 Å². The van der Waals surface area contributed by atoms with Crippen LogP contribution in [0, 0.1) is 5.82 Å². The lowest BCUT2D eigenvalue weighted by Gasteiger charge is -2.39. The van der Waals surface area contributed by atoms with Crippen LogP contribution in [0.3, 0.4) is 0 Å². The quantitative estimate of drug-likeness (QED) is 0.685. The molecule has 0 aliphatic carbocycles. The molecule has 2 aliphatic rings. The van der Waals surface area contributed by atoms with Crippen LogP contribution in [0.2, 0.25) is 0 Å². The van der Waals surface area contributed by atoms with Crippen molar-refractivity contribution in [1.29, 1.82) is 0 Å². The molecule has 0 radical (unpaired) electrons. The molecule has 2 heterocycles. The first-order chi connectivity index (χ1) is 15.0. The number of carbonyl (C=O) groups is 3. The van der Waals surface area contributed by atoms with Crippen LogP contribution in [0.25, 0.3) is 0 Å². The minimum absolute atomic E-state index is 0.0588. The Bertz CT molecular complexity index is 1010. The van der Waals surface area contributed by atoms with Gasteiger partial charge >= 0.3 is 0 Å². The first-order valence-corrected chi connectivity index (χ1v) is 10.4. The zero-order valence-electron chi connectivity index (χ0n) is 17.1. The molecule has 31 heavy (non-hydrogen) atoms. The number of nitrogens with zero attached hydrogens (tertiary/aromatic N) is 1. The third kappa shape index (κ3) is 4.68. The van der Waals surface area contributed by atoms with E-state index >= 15 is 0 Å².